The van der Waals surface area contributed by atoms with Crippen molar-refractivity contribution in [1.82, 2.24) is 14.5 Å². The summed E-state index contributed by atoms with van der Waals surface area (Å²) in [6, 6.07) is 0. The number of alkyl halides is 1. The van der Waals surface area contributed by atoms with Crippen molar-refractivity contribution >= 4 is 45.3 Å². The maximum atomic E-state index is 13.1. The van der Waals surface area contributed by atoms with Gasteiger partial charge < -0.3 is 5.32 Å². The molecular weight excluding hydrogens is 396 g/mol. The van der Waals surface area contributed by atoms with Crippen LogP contribution in [0.3, 0.4) is 0 Å². The Morgan fingerprint density at radius 1 is 1.46 bits per heavy atom. The van der Waals surface area contributed by atoms with E-state index in [0.717, 1.165) is 17.7 Å². The highest BCUT2D eigenvalue weighted by Crippen LogP contribution is 2.40. The van der Waals surface area contributed by atoms with Crippen molar-refractivity contribution in [2.75, 3.05) is 20.1 Å². The maximum Gasteiger partial charge on any atom is 0.231 e. The zero-order valence-corrected chi connectivity index (χ0v) is 17.5. The van der Waals surface area contributed by atoms with Gasteiger partial charge in [-0.2, -0.15) is 0 Å². The predicted molar refractivity (Wildman–Crippen MR) is 105 cm³/mol. The van der Waals surface area contributed by atoms with E-state index in [-0.39, 0.29) is 24.2 Å². The first-order chi connectivity index (χ1) is 12.0. The van der Waals surface area contributed by atoms with Crippen LogP contribution in [0.2, 0.25) is 0 Å². The van der Waals surface area contributed by atoms with Crippen molar-refractivity contribution in [3.8, 4) is 0 Å². The molecule has 3 aliphatic heterocycles. The number of carbonyl (C=O) groups is 1. The van der Waals surface area contributed by atoms with E-state index in [1.807, 2.05) is 13.8 Å². The minimum Gasteiger partial charge on any atom is -0.350 e. The molecule has 0 radical (unpaired) electrons. The fourth-order valence-corrected chi connectivity index (χ4v) is 7.99. The van der Waals surface area contributed by atoms with E-state index in [1.54, 1.807) is 13.1 Å². The zero-order valence-electron chi connectivity index (χ0n) is 15.2. The lowest BCUT2D eigenvalue weighted by atomic mass is 9.77. The summed E-state index contributed by atoms with van der Waals surface area (Å²) >= 11 is 7.64. The second-order valence-electron chi connectivity index (χ2n) is 7.47. The average Bonchev–Trinajstić information content (AvgIpc) is 2.92. The number of rotatable bonds is 3. The van der Waals surface area contributed by atoms with Crippen molar-refractivity contribution in [2.45, 2.75) is 48.6 Å². The third-order valence-electron chi connectivity index (χ3n) is 5.58. The van der Waals surface area contributed by atoms with Gasteiger partial charge >= 0.3 is 0 Å². The lowest BCUT2D eigenvalue weighted by Gasteiger charge is -2.47. The highest BCUT2D eigenvalue weighted by molar-refractivity contribution is 8.06. The Hall–Kier alpha value is -0.770. The minimum absolute atomic E-state index is 0.0445. The van der Waals surface area contributed by atoms with Crippen LogP contribution in [0.25, 0.3) is 0 Å². The molecule has 0 bridgehead atoms. The van der Waals surface area contributed by atoms with Crippen LogP contribution in [0.15, 0.2) is 11.0 Å². The molecule has 0 aromatic rings. The van der Waals surface area contributed by atoms with Crippen LogP contribution >= 0.6 is 23.4 Å². The molecule has 2 saturated heterocycles. The van der Waals surface area contributed by atoms with Gasteiger partial charge in [0.1, 0.15) is 9.96 Å². The molecule has 3 unspecified atom stereocenters. The van der Waals surface area contributed by atoms with E-state index in [2.05, 4.69) is 5.32 Å². The third kappa shape index (κ3) is 3.50. The number of allylic oxidation sites excluding steroid dienone is 1. The molecule has 0 spiro atoms. The van der Waals surface area contributed by atoms with Gasteiger partial charge in [-0.15, -0.1) is 23.4 Å². The number of guanidine groups is 1. The second-order valence-corrected chi connectivity index (χ2v) is 11.7. The van der Waals surface area contributed by atoms with Crippen LogP contribution < -0.4 is 5.32 Å². The van der Waals surface area contributed by atoms with E-state index in [4.69, 9.17) is 17.0 Å². The van der Waals surface area contributed by atoms with Crippen LogP contribution in [0, 0.1) is 11.3 Å². The highest BCUT2D eigenvalue weighted by atomic mass is 35.5. The third-order valence-corrected chi connectivity index (χ3v) is 9.61. The number of nitrogens with zero attached hydrogens (tertiary/aromatic N) is 2. The van der Waals surface area contributed by atoms with E-state index >= 15 is 0 Å². The summed E-state index contributed by atoms with van der Waals surface area (Å²) in [5.74, 6) is -0.102. The summed E-state index contributed by atoms with van der Waals surface area (Å²) in [4.78, 5) is 14.4. The summed E-state index contributed by atoms with van der Waals surface area (Å²) in [6.45, 7) is 4.59. The maximum absolute atomic E-state index is 13.1. The number of hydrogen-bond acceptors (Lipinski definition) is 5. The molecule has 4 atom stereocenters. The van der Waals surface area contributed by atoms with Crippen molar-refractivity contribution in [2.24, 2.45) is 5.92 Å². The zero-order chi connectivity index (χ0) is 19.3. The van der Waals surface area contributed by atoms with Gasteiger partial charge in [-0.25, -0.2) is 12.7 Å². The van der Waals surface area contributed by atoms with Gasteiger partial charge in [-0.05, 0) is 37.5 Å². The molecule has 26 heavy (non-hydrogen) atoms. The fraction of sp³-hybridized carbons (Fsp3) is 0.750. The van der Waals surface area contributed by atoms with Crippen LogP contribution in [0.5, 0.6) is 0 Å². The summed E-state index contributed by atoms with van der Waals surface area (Å²) < 4.78 is 27.2. The van der Waals surface area contributed by atoms with Crippen molar-refractivity contribution in [3.63, 3.8) is 0 Å². The van der Waals surface area contributed by atoms with Crippen LogP contribution in [-0.4, -0.2) is 65.1 Å². The summed E-state index contributed by atoms with van der Waals surface area (Å²) in [5.41, 5.74) is -0.620. The summed E-state index contributed by atoms with van der Waals surface area (Å²) in [7, 11) is -1.98. The Balaban J connectivity index is 1.79. The van der Waals surface area contributed by atoms with Gasteiger partial charge in [0, 0.05) is 20.1 Å². The van der Waals surface area contributed by atoms with Crippen LogP contribution in [0.4, 0.5) is 0 Å². The number of carbonyl (C=O) groups excluding carboxylic acids is 1. The molecule has 146 valence electrons. The normalized spacial score (nSPS) is 36.8. The largest absolute Gasteiger partial charge is 0.350 e. The molecule has 0 aromatic carbocycles. The van der Waals surface area contributed by atoms with Gasteiger partial charge in [0.25, 0.3) is 0 Å². The fourth-order valence-electron chi connectivity index (χ4n) is 3.88. The molecular formula is C16H25ClN4O3S2. The Kier molecular flexibility index (Phi) is 5.38. The van der Waals surface area contributed by atoms with E-state index in [0.29, 0.717) is 13.1 Å². The molecule has 3 aliphatic rings. The van der Waals surface area contributed by atoms with Crippen molar-refractivity contribution < 1.29 is 13.2 Å². The molecule has 1 amide bonds. The quantitative estimate of drug-likeness (QED) is 0.678. The highest BCUT2D eigenvalue weighted by Gasteiger charge is 2.47. The first-order valence-corrected chi connectivity index (χ1v) is 11.5. The minimum atomic E-state index is -3.55. The number of piperidine rings is 1. The van der Waals surface area contributed by atoms with Gasteiger partial charge in [-0.1, -0.05) is 6.08 Å². The number of hydrogen-bond donors (Lipinski definition) is 2. The van der Waals surface area contributed by atoms with Crippen LogP contribution in [0.1, 0.15) is 33.1 Å². The molecule has 3 rings (SSSR count). The number of sulfonamides is 1. The summed E-state index contributed by atoms with van der Waals surface area (Å²) in [6.07, 6.45) is 3.53. The first kappa shape index (κ1) is 20.0. The lowest BCUT2D eigenvalue weighted by Crippen LogP contribution is -2.65. The smallest absolute Gasteiger partial charge is 0.231 e. The number of thioether (sulfide) groups is 1. The van der Waals surface area contributed by atoms with E-state index < -0.39 is 25.5 Å². The molecule has 2 fully saturated rings. The Bertz CT molecular complexity index is 737. The van der Waals surface area contributed by atoms with Crippen LogP contribution in [-0.2, 0) is 14.8 Å². The standard InChI is InChI=1S/C16H25ClN4O3S2/c1-10-7-12(14(17)25-10)26(23,24)21-6-4-5-11(9-21)16(2)8-13(22)20(3)15(18)19-16/h7,11-12,14H,4-6,8-9H2,1-3H3,(H2,18,19)/t11?,12?,14?,16-/m0/s1. The van der Waals surface area contributed by atoms with Crippen molar-refractivity contribution in [1.29, 1.82) is 5.41 Å². The Morgan fingerprint density at radius 3 is 2.73 bits per heavy atom. The van der Waals surface area contributed by atoms with Gasteiger partial charge in [0.05, 0.1) is 12.0 Å². The first-order valence-electron chi connectivity index (χ1n) is 8.66. The monoisotopic (exact) mass is 420 g/mol. The molecule has 3 heterocycles. The molecule has 0 saturated carbocycles. The SMILES string of the molecule is CC1=CC(S(=O)(=O)N2CCCC([C@]3(C)CC(=O)N(C)C(=N)N3)C2)C(Cl)S1. The Morgan fingerprint density at radius 2 is 2.15 bits per heavy atom. The molecule has 7 nitrogen and oxygen atoms in total. The topological polar surface area (TPSA) is 93.6 Å². The van der Waals surface area contributed by atoms with Gasteiger partial charge in [0.15, 0.2) is 5.96 Å². The average molecular weight is 421 g/mol. The lowest BCUT2D eigenvalue weighted by molar-refractivity contribution is -0.130. The molecule has 0 aliphatic carbocycles. The number of nitrogens with one attached hydrogen (secondary N) is 2. The van der Waals surface area contributed by atoms with E-state index in [9.17, 15) is 13.2 Å². The Labute approximate surface area is 164 Å². The molecule has 0 aromatic heterocycles. The van der Waals surface area contributed by atoms with E-state index in [1.165, 1.54) is 21.0 Å². The molecule has 10 heteroatoms. The number of halogens is 1. The van der Waals surface area contributed by atoms with Gasteiger partial charge in [0.2, 0.25) is 15.9 Å². The van der Waals surface area contributed by atoms with Gasteiger partial charge in [-0.3, -0.25) is 15.1 Å². The second kappa shape index (κ2) is 7.00. The number of amides is 1. The molecule has 2 N–H and O–H groups in total. The predicted octanol–water partition coefficient (Wildman–Crippen LogP) is 1.76. The summed E-state index contributed by atoms with van der Waals surface area (Å²) in [5, 5.41) is 10.4. The van der Waals surface area contributed by atoms with Crippen molar-refractivity contribution in [3.05, 3.63) is 11.0 Å².